The van der Waals surface area contributed by atoms with Crippen molar-refractivity contribution in [3.63, 3.8) is 0 Å². The summed E-state index contributed by atoms with van der Waals surface area (Å²) in [6.07, 6.45) is 0.872. The second-order valence-corrected chi connectivity index (χ2v) is 5.09. The Labute approximate surface area is 105 Å². The molecule has 16 heavy (non-hydrogen) atoms. The van der Waals surface area contributed by atoms with E-state index in [1.54, 1.807) is 0 Å². The van der Waals surface area contributed by atoms with Gasteiger partial charge >= 0.3 is 5.97 Å². The van der Waals surface area contributed by atoms with Crippen LogP contribution in [0.2, 0.25) is 0 Å². The van der Waals surface area contributed by atoms with Crippen molar-refractivity contribution < 1.29 is 9.90 Å². The SMILES string of the molecule is CC(C)N1CCc2nc(C(=O)O)sc2C1.Cl. The van der Waals surface area contributed by atoms with Gasteiger partial charge in [-0.3, -0.25) is 4.90 Å². The molecule has 0 fully saturated rings. The highest BCUT2D eigenvalue weighted by atomic mass is 35.5. The summed E-state index contributed by atoms with van der Waals surface area (Å²) in [5.41, 5.74) is 0.981. The summed E-state index contributed by atoms with van der Waals surface area (Å²) >= 11 is 1.31. The van der Waals surface area contributed by atoms with Gasteiger partial charge in [-0.05, 0) is 13.8 Å². The zero-order valence-corrected chi connectivity index (χ0v) is 10.9. The maximum atomic E-state index is 10.8. The van der Waals surface area contributed by atoms with E-state index in [2.05, 4.69) is 23.7 Å². The third-order valence-corrected chi connectivity index (χ3v) is 3.74. The fourth-order valence-electron chi connectivity index (χ4n) is 1.75. The molecule has 1 aromatic rings. The summed E-state index contributed by atoms with van der Waals surface area (Å²) in [7, 11) is 0. The van der Waals surface area contributed by atoms with Crippen LogP contribution in [0.25, 0.3) is 0 Å². The minimum Gasteiger partial charge on any atom is -0.476 e. The molecule has 90 valence electrons. The Bertz CT molecular complexity index is 392. The average molecular weight is 263 g/mol. The summed E-state index contributed by atoms with van der Waals surface area (Å²) in [5.74, 6) is -0.912. The number of thiazole rings is 1. The summed E-state index contributed by atoms with van der Waals surface area (Å²) in [6.45, 7) is 6.14. The lowest BCUT2D eigenvalue weighted by Crippen LogP contribution is -2.35. The van der Waals surface area contributed by atoms with Crippen LogP contribution in [-0.2, 0) is 13.0 Å². The van der Waals surface area contributed by atoms with Crippen molar-refractivity contribution in [1.82, 2.24) is 9.88 Å². The van der Waals surface area contributed by atoms with Gasteiger partial charge in [0.15, 0.2) is 0 Å². The van der Waals surface area contributed by atoms with Crippen LogP contribution < -0.4 is 0 Å². The predicted molar refractivity (Wildman–Crippen MR) is 65.6 cm³/mol. The lowest BCUT2D eigenvalue weighted by Gasteiger charge is -2.29. The van der Waals surface area contributed by atoms with Gasteiger partial charge in [-0.2, -0.15) is 0 Å². The normalized spacial score (nSPS) is 15.7. The summed E-state index contributed by atoms with van der Waals surface area (Å²) in [4.78, 5) is 18.4. The van der Waals surface area contributed by atoms with E-state index in [-0.39, 0.29) is 17.4 Å². The maximum Gasteiger partial charge on any atom is 0.365 e. The van der Waals surface area contributed by atoms with Crippen LogP contribution >= 0.6 is 23.7 Å². The second-order valence-electron chi connectivity index (χ2n) is 4.01. The second kappa shape index (κ2) is 5.12. The number of aromatic carboxylic acids is 1. The molecule has 1 aliphatic heterocycles. The van der Waals surface area contributed by atoms with Crippen molar-refractivity contribution in [2.24, 2.45) is 0 Å². The Hall–Kier alpha value is -0.650. The summed E-state index contributed by atoms with van der Waals surface area (Å²) < 4.78 is 0. The number of hydrogen-bond donors (Lipinski definition) is 1. The van der Waals surface area contributed by atoms with E-state index in [4.69, 9.17) is 5.11 Å². The predicted octanol–water partition coefficient (Wildman–Crippen LogP) is 2.03. The molecule has 0 amide bonds. The molecule has 0 bridgehead atoms. The Balaban J connectivity index is 0.00000128. The molecule has 0 aliphatic carbocycles. The largest absolute Gasteiger partial charge is 0.476 e. The number of hydrogen-bond acceptors (Lipinski definition) is 4. The van der Waals surface area contributed by atoms with Crippen molar-refractivity contribution in [2.45, 2.75) is 32.9 Å². The standard InChI is InChI=1S/C10H14N2O2S.ClH/c1-6(2)12-4-3-7-8(5-12)15-9(11-7)10(13)14;/h6H,3-5H2,1-2H3,(H,13,14);1H. The van der Waals surface area contributed by atoms with E-state index in [0.29, 0.717) is 6.04 Å². The molecular formula is C10H15ClN2O2S. The van der Waals surface area contributed by atoms with E-state index in [1.165, 1.54) is 11.3 Å². The molecule has 0 spiro atoms. The molecule has 0 atom stereocenters. The minimum absolute atomic E-state index is 0. The highest BCUT2D eigenvalue weighted by Crippen LogP contribution is 2.26. The zero-order valence-electron chi connectivity index (χ0n) is 9.27. The Morgan fingerprint density at radius 2 is 2.25 bits per heavy atom. The first-order valence-electron chi connectivity index (χ1n) is 5.04. The van der Waals surface area contributed by atoms with Crippen LogP contribution in [0, 0.1) is 0 Å². The van der Waals surface area contributed by atoms with Gasteiger partial charge in [0.05, 0.1) is 5.69 Å². The van der Waals surface area contributed by atoms with Crippen molar-refractivity contribution in [1.29, 1.82) is 0 Å². The van der Waals surface area contributed by atoms with E-state index in [1.807, 2.05) is 0 Å². The van der Waals surface area contributed by atoms with E-state index in [0.717, 1.165) is 30.1 Å². The molecule has 4 nitrogen and oxygen atoms in total. The Kier molecular flexibility index (Phi) is 4.29. The van der Waals surface area contributed by atoms with Crippen LogP contribution in [0.15, 0.2) is 0 Å². The molecular weight excluding hydrogens is 248 g/mol. The lowest BCUT2D eigenvalue weighted by atomic mass is 10.1. The number of fused-ring (bicyclic) bond motifs is 1. The van der Waals surface area contributed by atoms with Crippen molar-refractivity contribution in [3.8, 4) is 0 Å². The number of aromatic nitrogens is 1. The van der Waals surface area contributed by atoms with E-state index < -0.39 is 5.97 Å². The van der Waals surface area contributed by atoms with Gasteiger partial charge in [-0.15, -0.1) is 23.7 Å². The first-order chi connectivity index (χ1) is 7.08. The molecule has 0 unspecified atom stereocenters. The van der Waals surface area contributed by atoms with Gasteiger partial charge in [0.1, 0.15) is 0 Å². The van der Waals surface area contributed by atoms with Crippen LogP contribution in [0.4, 0.5) is 0 Å². The number of halogens is 1. The van der Waals surface area contributed by atoms with Crippen LogP contribution in [0.3, 0.4) is 0 Å². The van der Waals surface area contributed by atoms with Crippen molar-refractivity contribution in [2.75, 3.05) is 6.54 Å². The molecule has 0 saturated carbocycles. The third-order valence-electron chi connectivity index (χ3n) is 2.67. The van der Waals surface area contributed by atoms with Crippen molar-refractivity contribution >= 4 is 29.7 Å². The fraction of sp³-hybridized carbons (Fsp3) is 0.600. The van der Waals surface area contributed by atoms with Gasteiger partial charge in [0, 0.05) is 30.4 Å². The molecule has 1 N–H and O–H groups in total. The molecule has 1 aromatic heterocycles. The minimum atomic E-state index is -0.912. The molecule has 0 saturated heterocycles. The molecule has 2 rings (SSSR count). The van der Waals surface area contributed by atoms with Crippen molar-refractivity contribution in [3.05, 3.63) is 15.6 Å². The first-order valence-corrected chi connectivity index (χ1v) is 5.85. The molecule has 6 heteroatoms. The van der Waals surface area contributed by atoms with Crippen LogP contribution in [0.1, 0.15) is 34.2 Å². The first kappa shape index (κ1) is 13.4. The zero-order chi connectivity index (χ0) is 11.0. The topological polar surface area (TPSA) is 53.4 Å². The van der Waals surface area contributed by atoms with E-state index in [9.17, 15) is 4.79 Å². The molecule has 2 heterocycles. The number of carboxylic acid groups (broad SMARTS) is 1. The number of rotatable bonds is 2. The Morgan fingerprint density at radius 3 is 2.81 bits per heavy atom. The maximum absolute atomic E-state index is 10.8. The quantitative estimate of drug-likeness (QED) is 0.886. The van der Waals surface area contributed by atoms with Crippen LogP contribution in [-0.4, -0.2) is 33.5 Å². The van der Waals surface area contributed by atoms with Gasteiger partial charge < -0.3 is 5.11 Å². The monoisotopic (exact) mass is 262 g/mol. The summed E-state index contributed by atoms with van der Waals surface area (Å²) in [5, 5.41) is 9.07. The molecule has 0 aromatic carbocycles. The lowest BCUT2D eigenvalue weighted by molar-refractivity contribution is 0.0696. The number of carboxylic acids is 1. The van der Waals surface area contributed by atoms with Gasteiger partial charge in [-0.25, -0.2) is 9.78 Å². The summed E-state index contributed by atoms with van der Waals surface area (Å²) in [6, 6.07) is 0.508. The van der Waals surface area contributed by atoms with E-state index >= 15 is 0 Å². The van der Waals surface area contributed by atoms with Crippen LogP contribution in [0.5, 0.6) is 0 Å². The molecule has 1 aliphatic rings. The average Bonchev–Trinajstić information content (AvgIpc) is 2.59. The number of nitrogens with zero attached hydrogens (tertiary/aromatic N) is 2. The fourth-order valence-corrected chi connectivity index (χ4v) is 2.72. The molecule has 0 radical (unpaired) electrons. The Morgan fingerprint density at radius 1 is 1.56 bits per heavy atom. The van der Waals surface area contributed by atoms with Gasteiger partial charge in [0.25, 0.3) is 0 Å². The number of carbonyl (C=O) groups is 1. The van der Waals surface area contributed by atoms with Gasteiger partial charge in [0.2, 0.25) is 5.01 Å². The smallest absolute Gasteiger partial charge is 0.365 e. The third kappa shape index (κ3) is 2.53. The highest BCUT2D eigenvalue weighted by molar-refractivity contribution is 7.13. The highest BCUT2D eigenvalue weighted by Gasteiger charge is 2.23. The van der Waals surface area contributed by atoms with Gasteiger partial charge in [-0.1, -0.05) is 0 Å².